The highest BCUT2D eigenvalue weighted by atomic mass is 16.5. The molecule has 0 bridgehead atoms. The standard InChI is InChI=1S/C23H40O2/c1-3-5-7-8-9-10-11-12-13-14-15-16-17-18-19-21-23(24)25-22-20-6-4-2/h5,7,9-10,12-13H,3-4,6,8,11,14-22H2,1-2H3. The Morgan fingerprint density at radius 3 is 2.08 bits per heavy atom. The lowest BCUT2D eigenvalue weighted by atomic mass is 10.1. The summed E-state index contributed by atoms with van der Waals surface area (Å²) in [6.45, 7) is 4.91. The molecular formula is C23H40O2. The van der Waals surface area contributed by atoms with Crippen LogP contribution in [0.5, 0.6) is 0 Å². The molecule has 25 heavy (non-hydrogen) atoms. The highest BCUT2D eigenvalue weighted by molar-refractivity contribution is 5.69. The van der Waals surface area contributed by atoms with Crippen LogP contribution in [0.25, 0.3) is 0 Å². The average molecular weight is 349 g/mol. The van der Waals surface area contributed by atoms with E-state index in [-0.39, 0.29) is 5.97 Å². The Labute approximate surface area is 156 Å². The molecule has 0 aromatic rings. The zero-order valence-corrected chi connectivity index (χ0v) is 16.7. The summed E-state index contributed by atoms with van der Waals surface area (Å²) in [5, 5.41) is 0. The zero-order chi connectivity index (χ0) is 18.4. The van der Waals surface area contributed by atoms with Gasteiger partial charge in [-0.3, -0.25) is 4.79 Å². The van der Waals surface area contributed by atoms with Gasteiger partial charge < -0.3 is 4.74 Å². The van der Waals surface area contributed by atoms with Gasteiger partial charge in [-0.25, -0.2) is 0 Å². The van der Waals surface area contributed by atoms with E-state index in [4.69, 9.17) is 4.74 Å². The van der Waals surface area contributed by atoms with Crippen molar-refractivity contribution in [1.29, 1.82) is 0 Å². The first-order valence-corrected chi connectivity index (χ1v) is 10.4. The lowest BCUT2D eigenvalue weighted by Gasteiger charge is -2.04. The van der Waals surface area contributed by atoms with Gasteiger partial charge in [0.25, 0.3) is 0 Å². The van der Waals surface area contributed by atoms with Gasteiger partial charge in [0.2, 0.25) is 0 Å². The highest BCUT2D eigenvalue weighted by Crippen LogP contribution is 2.08. The molecule has 0 unspecified atom stereocenters. The molecule has 2 nitrogen and oxygen atoms in total. The Morgan fingerprint density at radius 1 is 0.720 bits per heavy atom. The molecule has 0 aromatic heterocycles. The molecule has 0 aliphatic heterocycles. The zero-order valence-electron chi connectivity index (χ0n) is 16.7. The topological polar surface area (TPSA) is 26.3 Å². The molecule has 0 heterocycles. The molecule has 0 aliphatic carbocycles. The second-order valence-corrected chi connectivity index (χ2v) is 6.53. The third-order valence-corrected chi connectivity index (χ3v) is 4.04. The summed E-state index contributed by atoms with van der Waals surface area (Å²) in [6.07, 6.45) is 27.6. The summed E-state index contributed by atoms with van der Waals surface area (Å²) in [7, 11) is 0. The van der Waals surface area contributed by atoms with Crippen molar-refractivity contribution in [3.63, 3.8) is 0 Å². The van der Waals surface area contributed by atoms with Crippen molar-refractivity contribution in [1.82, 2.24) is 0 Å². The summed E-state index contributed by atoms with van der Waals surface area (Å²) >= 11 is 0. The van der Waals surface area contributed by atoms with Crippen molar-refractivity contribution in [2.75, 3.05) is 6.61 Å². The quantitative estimate of drug-likeness (QED) is 0.156. The average Bonchev–Trinajstić information content (AvgIpc) is 2.62. The van der Waals surface area contributed by atoms with Crippen molar-refractivity contribution < 1.29 is 9.53 Å². The molecular weight excluding hydrogens is 308 g/mol. The predicted molar refractivity (Wildman–Crippen MR) is 110 cm³/mol. The van der Waals surface area contributed by atoms with Crippen LogP contribution in [-0.2, 0) is 9.53 Å². The Bertz CT molecular complexity index is 366. The number of unbranched alkanes of at least 4 members (excludes halogenated alkanes) is 7. The van der Waals surface area contributed by atoms with Gasteiger partial charge in [-0.2, -0.15) is 0 Å². The molecule has 2 heteroatoms. The van der Waals surface area contributed by atoms with Gasteiger partial charge in [-0.05, 0) is 44.9 Å². The van der Waals surface area contributed by atoms with Gasteiger partial charge in [0.05, 0.1) is 6.61 Å². The molecule has 0 radical (unpaired) electrons. The number of esters is 1. The Balaban J connectivity index is 3.28. The summed E-state index contributed by atoms with van der Waals surface area (Å²) in [4.78, 5) is 11.5. The lowest BCUT2D eigenvalue weighted by Crippen LogP contribution is -2.05. The van der Waals surface area contributed by atoms with Crippen molar-refractivity contribution in [2.24, 2.45) is 0 Å². The largest absolute Gasteiger partial charge is 0.466 e. The van der Waals surface area contributed by atoms with E-state index in [9.17, 15) is 4.79 Å². The molecule has 0 aliphatic rings. The summed E-state index contributed by atoms with van der Waals surface area (Å²) < 4.78 is 5.21. The second-order valence-electron chi connectivity index (χ2n) is 6.53. The smallest absolute Gasteiger partial charge is 0.305 e. The van der Waals surface area contributed by atoms with Gasteiger partial charge in [-0.15, -0.1) is 0 Å². The van der Waals surface area contributed by atoms with Crippen molar-refractivity contribution in [3.05, 3.63) is 36.5 Å². The molecule has 0 saturated carbocycles. The second kappa shape index (κ2) is 20.7. The number of hydrogen-bond acceptors (Lipinski definition) is 2. The Morgan fingerprint density at radius 2 is 1.36 bits per heavy atom. The Hall–Kier alpha value is -1.31. The van der Waals surface area contributed by atoms with E-state index < -0.39 is 0 Å². The van der Waals surface area contributed by atoms with Gasteiger partial charge in [0.15, 0.2) is 0 Å². The molecule has 0 atom stereocenters. The van der Waals surface area contributed by atoms with Crippen molar-refractivity contribution >= 4 is 5.97 Å². The van der Waals surface area contributed by atoms with Crippen molar-refractivity contribution in [3.8, 4) is 0 Å². The van der Waals surface area contributed by atoms with Gasteiger partial charge in [-0.1, -0.05) is 82.4 Å². The van der Waals surface area contributed by atoms with E-state index in [1.54, 1.807) is 0 Å². The van der Waals surface area contributed by atoms with Gasteiger partial charge in [0, 0.05) is 6.42 Å². The van der Waals surface area contributed by atoms with Crippen LogP contribution in [0.15, 0.2) is 36.5 Å². The first-order valence-electron chi connectivity index (χ1n) is 10.4. The summed E-state index contributed by atoms with van der Waals surface area (Å²) in [6, 6.07) is 0. The monoisotopic (exact) mass is 348 g/mol. The summed E-state index contributed by atoms with van der Waals surface area (Å²) in [5.41, 5.74) is 0. The fourth-order valence-electron chi connectivity index (χ4n) is 2.50. The first-order chi connectivity index (χ1) is 12.3. The number of allylic oxidation sites excluding steroid dienone is 6. The van der Waals surface area contributed by atoms with Gasteiger partial charge >= 0.3 is 5.97 Å². The Kier molecular flexibility index (Phi) is 19.6. The molecule has 0 rings (SSSR count). The normalized spacial score (nSPS) is 11.9. The number of carbonyl (C=O) groups is 1. The maximum Gasteiger partial charge on any atom is 0.305 e. The van der Waals surface area contributed by atoms with Crippen LogP contribution in [0.3, 0.4) is 0 Å². The molecule has 144 valence electrons. The van der Waals surface area contributed by atoms with Gasteiger partial charge in [0.1, 0.15) is 0 Å². The van der Waals surface area contributed by atoms with Crippen LogP contribution >= 0.6 is 0 Å². The fourth-order valence-corrected chi connectivity index (χ4v) is 2.50. The maximum absolute atomic E-state index is 11.5. The first kappa shape index (κ1) is 23.7. The lowest BCUT2D eigenvalue weighted by molar-refractivity contribution is -0.143. The molecule has 0 saturated heterocycles. The van der Waals surface area contributed by atoms with E-state index in [1.807, 2.05) is 0 Å². The van der Waals surface area contributed by atoms with Crippen LogP contribution in [0.1, 0.15) is 97.3 Å². The van der Waals surface area contributed by atoms with Crippen LogP contribution in [0.4, 0.5) is 0 Å². The summed E-state index contributed by atoms with van der Waals surface area (Å²) in [5.74, 6) is -0.0164. The molecule has 0 N–H and O–H groups in total. The maximum atomic E-state index is 11.5. The third kappa shape index (κ3) is 20.6. The van der Waals surface area contributed by atoms with Crippen molar-refractivity contribution in [2.45, 2.75) is 97.3 Å². The minimum atomic E-state index is -0.0164. The molecule has 0 spiro atoms. The number of hydrogen-bond donors (Lipinski definition) is 0. The van der Waals surface area contributed by atoms with E-state index in [0.29, 0.717) is 13.0 Å². The number of ether oxygens (including phenoxy) is 1. The minimum Gasteiger partial charge on any atom is -0.466 e. The fraction of sp³-hybridized carbons (Fsp3) is 0.696. The highest BCUT2D eigenvalue weighted by Gasteiger charge is 2.01. The van der Waals surface area contributed by atoms with Crippen LogP contribution < -0.4 is 0 Å². The third-order valence-electron chi connectivity index (χ3n) is 4.04. The van der Waals surface area contributed by atoms with E-state index >= 15 is 0 Å². The SMILES string of the molecule is CCC=CCC=CCC=CCCCCCCCC(=O)OCCCCC. The van der Waals surface area contributed by atoms with Crippen LogP contribution in [0.2, 0.25) is 0 Å². The van der Waals surface area contributed by atoms with Crippen LogP contribution in [-0.4, -0.2) is 12.6 Å². The molecule has 0 amide bonds. The number of rotatable bonds is 17. The van der Waals surface area contributed by atoms with E-state index in [1.165, 1.54) is 32.1 Å². The van der Waals surface area contributed by atoms with E-state index in [0.717, 1.165) is 44.9 Å². The van der Waals surface area contributed by atoms with E-state index in [2.05, 4.69) is 50.3 Å². The number of carbonyl (C=O) groups excluding carboxylic acids is 1. The molecule has 0 aromatic carbocycles. The predicted octanol–water partition coefficient (Wildman–Crippen LogP) is 7.31. The van der Waals surface area contributed by atoms with Crippen LogP contribution in [0, 0.1) is 0 Å². The minimum absolute atomic E-state index is 0.0164. The molecule has 0 fully saturated rings.